The van der Waals surface area contributed by atoms with Crippen LogP contribution in [0.2, 0.25) is 0 Å². The van der Waals surface area contributed by atoms with Crippen LogP contribution >= 0.6 is 24.0 Å². The van der Waals surface area contributed by atoms with Crippen LogP contribution in [0.25, 0.3) is 11.6 Å². The number of nitrogens with zero attached hydrogens (tertiary/aromatic N) is 4. The number of piperidine rings is 1. The second kappa shape index (κ2) is 12.6. The molecule has 1 atom stereocenters. The molecule has 0 spiro atoms. The minimum Gasteiger partial charge on any atom is -0.497 e. The van der Waals surface area contributed by atoms with E-state index in [2.05, 4.69) is 47.8 Å². The van der Waals surface area contributed by atoms with Gasteiger partial charge in [0.2, 0.25) is 5.82 Å². The first kappa shape index (κ1) is 25.0. The van der Waals surface area contributed by atoms with Gasteiger partial charge in [-0.05, 0) is 55.8 Å². The number of aromatic nitrogens is 3. The summed E-state index contributed by atoms with van der Waals surface area (Å²) in [6, 6.07) is 12.3. The maximum absolute atomic E-state index is 5.34. The van der Waals surface area contributed by atoms with Gasteiger partial charge in [0.25, 0.3) is 0 Å². The monoisotopic (exact) mass is 565 g/mol. The molecule has 1 unspecified atom stereocenters. The van der Waals surface area contributed by atoms with E-state index in [1.54, 1.807) is 20.4 Å². The normalized spacial score (nSPS) is 15.5. The molecule has 4 rings (SSSR count). The summed E-state index contributed by atoms with van der Waals surface area (Å²) in [4.78, 5) is 11.4. The molecule has 0 aliphatic carbocycles. The van der Waals surface area contributed by atoms with Crippen molar-refractivity contribution in [3.05, 3.63) is 54.0 Å². The lowest BCUT2D eigenvalue weighted by molar-refractivity contribution is 0.164. The fourth-order valence-corrected chi connectivity index (χ4v) is 3.99. The van der Waals surface area contributed by atoms with E-state index in [4.69, 9.17) is 9.15 Å². The number of aliphatic imine (C=N–C) groups is 1. The molecule has 3 N–H and O–H groups in total. The lowest BCUT2D eigenvalue weighted by Crippen LogP contribution is -2.44. The number of nitrogens with one attached hydrogen (secondary N) is 3. The summed E-state index contributed by atoms with van der Waals surface area (Å²) in [7, 11) is 3.47. The molecular formula is C23H32IN7O2. The Kier molecular flexibility index (Phi) is 9.55. The Hall–Kier alpha value is -2.60. The zero-order chi connectivity index (χ0) is 22.2. The Balaban J connectivity index is 0.00000306. The summed E-state index contributed by atoms with van der Waals surface area (Å²) in [6.45, 7) is 3.44. The van der Waals surface area contributed by atoms with Crippen molar-refractivity contribution in [3.8, 4) is 17.3 Å². The Labute approximate surface area is 211 Å². The van der Waals surface area contributed by atoms with Crippen molar-refractivity contribution in [2.75, 3.05) is 33.8 Å². The molecule has 3 heterocycles. The van der Waals surface area contributed by atoms with Crippen molar-refractivity contribution < 1.29 is 9.15 Å². The molecule has 10 heteroatoms. The molecule has 0 bridgehead atoms. The van der Waals surface area contributed by atoms with Crippen molar-refractivity contribution in [1.82, 2.24) is 30.7 Å². The van der Waals surface area contributed by atoms with Crippen molar-refractivity contribution in [1.29, 1.82) is 0 Å². The lowest BCUT2D eigenvalue weighted by atomic mass is 10.0. The molecule has 33 heavy (non-hydrogen) atoms. The van der Waals surface area contributed by atoms with E-state index in [1.165, 1.54) is 24.8 Å². The molecule has 0 amide bonds. The third kappa shape index (κ3) is 6.70. The molecule has 3 aromatic rings. The third-order valence-corrected chi connectivity index (χ3v) is 5.72. The molecule has 0 radical (unpaired) electrons. The standard InChI is InChI=1S/C23H31N7O2.HI/c1-24-23(26-16-21-27-22(29-28-21)20-7-6-14-32-20)25-15-19(30-12-4-3-5-13-30)17-8-10-18(31-2)11-9-17;/h6-11,14,19H,3-5,12-13,15-16H2,1-2H3,(H2,24,25,26)(H,27,28,29);1H. The molecule has 1 aromatic carbocycles. The molecule has 1 fully saturated rings. The number of aromatic amines is 1. The summed E-state index contributed by atoms with van der Waals surface area (Å²) in [5, 5.41) is 13.9. The minimum absolute atomic E-state index is 0. The Morgan fingerprint density at radius 1 is 1.18 bits per heavy atom. The van der Waals surface area contributed by atoms with Crippen LogP contribution in [0.15, 0.2) is 52.1 Å². The number of rotatable bonds is 8. The third-order valence-electron chi connectivity index (χ3n) is 5.72. The maximum Gasteiger partial charge on any atom is 0.216 e. The summed E-state index contributed by atoms with van der Waals surface area (Å²) >= 11 is 0. The number of likely N-dealkylation sites (tertiary alicyclic amines) is 1. The first-order valence-electron chi connectivity index (χ1n) is 11.0. The second-order valence-electron chi connectivity index (χ2n) is 7.78. The maximum atomic E-state index is 5.34. The van der Waals surface area contributed by atoms with Gasteiger partial charge in [0, 0.05) is 13.6 Å². The van der Waals surface area contributed by atoms with Crippen LogP contribution in [0.3, 0.4) is 0 Å². The zero-order valence-corrected chi connectivity index (χ0v) is 21.4. The Morgan fingerprint density at radius 2 is 1.97 bits per heavy atom. The number of H-pyrrole nitrogens is 1. The van der Waals surface area contributed by atoms with Gasteiger partial charge in [-0.25, -0.2) is 4.98 Å². The van der Waals surface area contributed by atoms with E-state index < -0.39 is 0 Å². The van der Waals surface area contributed by atoms with Crippen molar-refractivity contribution in [2.24, 2.45) is 4.99 Å². The van der Waals surface area contributed by atoms with Gasteiger partial charge in [0.05, 0.1) is 26.0 Å². The number of halogens is 1. The number of hydrogen-bond acceptors (Lipinski definition) is 6. The van der Waals surface area contributed by atoms with Crippen molar-refractivity contribution in [3.63, 3.8) is 0 Å². The highest BCUT2D eigenvalue weighted by molar-refractivity contribution is 14.0. The van der Waals surface area contributed by atoms with Gasteiger partial charge in [0.15, 0.2) is 11.7 Å². The smallest absolute Gasteiger partial charge is 0.216 e. The Bertz CT molecular complexity index is 983. The largest absolute Gasteiger partial charge is 0.497 e. The van der Waals surface area contributed by atoms with Crippen LogP contribution in [0.1, 0.15) is 36.7 Å². The molecular weight excluding hydrogens is 533 g/mol. The number of guanidine groups is 1. The van der Waals surface area contributed by atoms with Gasteiger partial charge in [-0.2, -0.15) is 0 Å². The second-order valence-corrected chi connectivity index (χ2v) is 7.78. The highest BCUT2D eigenvalue weighted by atomic mass is 127. The van der Waals surface area contributed by atoms with E-state index in [0.717, 1.165) is 31.3 Å². The van der Waals surface area contributed by atoms with E-state index in [0.29, 0.717) is 24.0 Å². The minimum atomic E-state index is 0. The summed E-state index contributed by atoms with van der Waals surface area (Å²) in [5.74, 6) is 3.48. The number of furan rings is 1. The van der Waals surface area contributed by atoms with Crippen molar-refractivity contribution >= 4 is 29.9 Å². The van der Waals surface area contributed by atoms with Crippen molar-refractivity contribution in [2.45, 2.75) is 31.8 Å². The van der Waals surface area contributed by atoms with E-state index in [9.17, 15) is 0 Å². The average molecular weight is 565 g/mol. The van der Waals surface area contributed by atoms with Gasteiger partial charge in [-0.15, -0.1) is 29.1 Å². The molecule has 178 valence electrons. The molecule has 0 saturated carbocycles. The molecule has 1 saturated heterocycles. The summed E-state index contributed by atoms with van der Waals surface area (Å²) in [5.41, 5.74) is 1.27. The number of ether oxygens (including phenoxy) is 1. The van der Waals surface area contributed by atoms with Gasteiger partial charge >= 0.3 is 0 Å². The summed E-state index contributed by atoms with van der Waals surface area (Å²) in [6.07, 6.45) is 5.39. The topological polar surface area (TPSA) is 104 Å². The van der Waals surface area contributed by atoms with Crippen LogP contribution in [0, 0.1) is 0 Å². The van der Waals surface area contributed by atoms with Crippen LogP contribution in [-0.4, -0.2) is 59.8 Å². The fourth-order valence-electron chi connectivity index (χ4n) is 3.99. The molecule has 1 aliphatic heterocycles. The number of benzene rings is 1. The van der Waals surface area contributed by atoms with Gasteiger partial charge in [-0.3, -0.25) is 15.0 Å². The first-order valence-corrected chi connectivity index (χ1v) is 11.0. The van der Waals surface area contributed by atoms with E-state index >= 15 is 0 Å². The summed E-state index contributed by atoms with van der Waals surface area (Å²) < 4.78 is 10.7. The van der Waals surface area contributed by atoms with Crippen LogP contribution in [-0.2, 0) is 6.54 Å². The molecule has 2 aromatic heterocycles. The Morgan fingerprint density at radius 3 is 2.64 bits per heavy atom. The average Bonchev–Trinajstić information content (AvgIpc) is 3.54. The highest BCUT2D eigenvalue weighted by Crippen LogP contribution is 2.26. The van der Waals surface area contributed by atoms with Gasteiger partial charge in [0.1, 0.15) is 11.6 Å². The predicted octanol–water partition coefficient (Wildman–Crippen LogP) is 3.58. The van der Waals surface area contributed by atoms with Gasteiger partial charge in [-0.1, -0.05) is 18.6 Å². The quantitative estimate of drug-likeness (QED) is 0.218. The zero-order valence-electron chi connectivity index (χ0n) is 19.1. The first-order chi connectivity index (χ1) is 15.8. The number of methoxy groups -OCH3 is 1. The van der Waals surface area contributed by atoms with Crippen LogP contribution in [0.5, 0.6) is 5.75 Å². The van der Waals surface area contributed by atoms with E-state index in [1.807, 2.05) is 24.3 Å². The molecule has 9 nitrogen and oxygen atoms in total. The highest BCUT2D eigenvalue weighted by Gasteiger charge is 2.22. The SMILES string of the molecule is CN=C(NCc1nc(-c2ccco2)n[nH]1)NCC(c1ccc(OC)cc1)N1CCCCC1.I. The van der Waals surface area contributed by atoms with E-state index in [-0.39, 0.29) is 30.0 Å². The van der Waals surface area contributed by atoms with Crippen LogP contribution < -0.4 is 15.4 Å². The fraction of sp³-hybridized carbons (Fsp3) is 0.435. The predicted molar refractivity (Wildman–Crippen MR) is 139 cm³/mol. The molecule has 1 aliphatic rings. The van der Waals surface area contributed by atoms with Gasteiger partial charge < -0.3 is 19.8 Å². The van der Waals surface area contributed by atoms with Crippen LogP contribution in [0.4, 0.5) is 0 Å². The number of hydrogen-bond donors (Lipinski definition) is 3. The lowest BCUT2D eigenvalue weighted by Gasteiger charge is -2.35.